The second-order valence-corrected chi connectivity index (χ2v) is 4.61. The standard InChI is InChI=1S/C6H13NO4S/c1-4-6(2,5(8)9)7-12(3,10)11/h7H,4H2,1-3H3,(H,8,9). The van der Waals surface area contributed by atoms with Gasteiger partial charge in [-0.3, -0.25) is 4.79 Å². The molecule has 0 saturated heterocycles. The zero-order valence-corrected chi connectivity index (χ0v) is 8.10. The maximum Gasteiger partial charge on any atom is 0.324 e. The third kappa shape index (κ3) is 3.19. The van der Waals surface area contributed by atoms with Crippen LogP contribution in [0.2, 0.25) is 0 Å². The van der Waals surface area contributed by atoms with Gasteiger partial charge in [0.2, 0.25) is 10.0 Å². The average Bonchev–Trinajstić information content (AvgIpc) is 1.83. The third-order valence-corrected chi connectivity index (χ3v) is 2.41. The minimum Gasteiger partial charge on any atom is -0.480 e. The predicted octanol–water partition coefficient (Wildman–Crippen LogP) is -0.211. The van der Waals surface area contributed by atoms with Crippen LogP contribution in [0.5, 0.6) is 0 Å². The summed E-state index contributed by atoms with van der Waals surface area (Å²) in [7, 11) is -3.47. The van der Waals surface area contributed by atoms with Gasteiger partial charge >= 0.3 is 5.97 Å². The van der Waals surface area contributed by atoms with Crippen LogP contribution in [0, 0.1) is 0 Å². The monoisotopic (exact) mass is 195 g/mol. The summed E-state index contributed by atoms with van der Waals surface area (Å²) in [5, 5.41) is 8.67. The number of carboxylic acid groups (broad SMARTS) is 1. The van der Waals surface area contributed by atoms with Crippen LogP contribution in [-0.2, 0) is 14.8 Å². The Kier molecular flexibility index (Phi) is 3.23. The van der Waals surface area contributed by atoms with E-state index in [1.807, 2.05) is 0 Å². The number of sulfonamides is 1. The summed E-state index contributed by atoms with van der Waals surface area (Å²) in [6.45, 7) is 2.93. The molecule has 72 valence electrons. The summed E-state index contributed by atoms with van der Waals surface area (Å²) in [6, 6.07) is 0. The van der Waals surface area contributed by atoms with Crippen molar-refractivity contribution in [2.75, 3.05) is 6.26 Å². The molecule has 0 aromatic rings. The van der Waals surface area contributed by atoms with E-state index in [-0.39, 0.29) is 6.42 Å². The lowest BCUT2D eigenvalue weighted by Gasteiger charge is -2.22. The smallest absolute Gasteiger partial charge is 0.324 e. The molecular weight excluding hydrogens is 182 g/mol. The highest BCUT2D eigenvalue weighted by atomic mass is 32.2. The molecule has 5 nitrogen and oxygen atoms in total. The van der Waals surface area contributed by atoms with Crippen LogP contribution in [0.25, 0.3) is 0 Å². The van der Waals surface area contributed by atoms with Gasteiger partial charge in [-0.15, -0.1) is 0 Å². The molecule has 0 aromatic heterocycles. The Morgan fingerprint density at radius 3 is 2.08 bits per heavy atom. The first kappa shape index (κ1) is 11.4. The molecule has 12 heavy (non-hydrogen) atoms. The van der Waals surface area contributed by atoms with E-state index in [4.69, 9.17) is 5.11 Å². The lowest BCUT2D eigenvalue weighted by atomic mass is 10.0. The first-order valence-corrected chi connectivity index (χ1v) is 5.33. The molecule has 6 heteroatoms. The van der Waals surface area contributed by atoms with E-state index >= 15 is 0 Å². The molecule has 0 aliphatic rings. The van der Waals surface area contributed by atoms with Crippen molar-refractivity contribution in [3.05, 3.63) is 0 Å². The molecule has 1 atom stereocenters. The van der Waals surface area contributed by atoms with Gasteiger partial charge in [0.05, 0.1) is 6.26 Å². The fourth-order valence-electron chi connectivity index (χ4n) is 0.676. The van der Waals surface area contributed by atoms with E-state index in [1.165, 1.54) is 6.92 Å². The van der Waals surface area contributed by atoms with Gasteiger partial charge in [0.15, 0.2) is 0 Å². The highest BCUT2D eigenvalue weighted by Crippen LogP contribution is 2.09. The molecule has 2 N–H and O–H groups in total. The maximum atomic E-state index is 10.7. The molecule has 0 radical (unpaired) electrons. The van der Waals surface area contributed by atoms with E-state index in [9.17, 15) is 13.2 Å². The summed E-state index contributed by atoms with van der Waals surface area (Å²) in [4.78, 5) is 10.6. The van der Waals surface area contributed by atoms with Crippen LogP contribution >= 0.6 is 0 Å². The van der Waals surface area contributed by atoms with Crippen molar-refractivity contribution in [2.24, 2.45) is 0 Å². The quantitative estimate of drug-likeness (QED) is 0.650. The van der Waals surface area contributed by atoms with Gasteiger partial charge in [-0.1, -0.05) is 6.92 Å². The number of hydrogen-bond donors (Lipinski definition) is 2. The van der Waals surface area contributed by atoms with Gasteiger partial charge in [0.25, 0.3) is 0 Å². The van der Waals surface area contributed by atoms with Gasteiger partial charge in [-0.25, -0.2) is 8.42 Å². The first-order chi connectivity index (χ1) is 5.21. The zero-order valence-electron chi connectivity index (χ0n) is 7.29. The van der Waals surface area contributed by atoms with Crippen molar-refractivity contribution in [3.63, 3.8) is 0 Å². The number of nitrogens with one attached hydrogen (secondary N) is 1. The number of aliphatic carboxylic acids is 1. The highest BCUT2D eigenvalue weighted by Gasteiger charge is 2.33. The minimum absolute atomic E-state index is 0.204. The molecule has 0 aliphatic carbocycles. The Bertz CT molecular complexity index is 271. The van der Waals surface area contributed by atoms with Crippen LogP contribution in [0.1, 0.15) is 20.3 Å². The molecular formula is C6H13NO4S. The highest BCUT2D eigenvalue weighted by molar-refractivity contribution is 7.88. The summed E-state index contributed by atoms with van der Waals surface area (Å²) in [5.41, 5.74) is -1.40. The maximum absolute atomic E-state index is 10.7. The molecule has 0 saturated carbocycles. The molecule has 1 unspecified atom stereocenters. The zero-order chi connectivity index (χ0) is 9.99. The Morgan fingerprint density at radius 2 is 2.00 bits per heavy atom. The summed E-state index contributed by atoms with van der Waals surface area (Å²) in [5.74, 6) is -1.17. The normalized spacial score (nSPS) is 16.9. The van der Waals surface area contributed by atoms with Gasteiger partial charge in [0, 0.05) is 0 Å². The Labute approximate surface area is 71.8 Å². The lowest BCUT2D eigenvalue weighted by Crippen LogP contribution is -2.51. The van der Waals surface area contributed by atoms with Gasteiger partial charge in [-0.2, -0.15) is 4.72 Å². The summed E-state index contributed by atoms with van der Waals surface area (Å²) < 4.78 is 23.5. The Balaban J connectivity index is 4.69. The average molecular weight is 195 g/mol. The van der Waals surface area contributed by atoms with E-state index in [0.717, 1.165) is 6.26 Å². The van der Waals surface area contributed by atoms with Crippen LogP contribution in [0.4, 0.5) is 0 Å². The van der Waals surface area contributed by atoms with Crippen molar-refractivity contribution >= 4 is 16.0 Å². The molecule has 0 bridgehead atoms. The number of carboxylic acids is 1. The van der Waals surface area contributed by atoms with E-state index in [0.29, 0.717) is 0 Å². The Hall–Kier alpha value is -0.620. The predicted molar refractivity (Wildman–Crippen MR) is 44.3 cm³/mol. The van der Waals surface area contributed by atoms with Gasteiger partial charge in [-0.05, 0) is 13.3 Å². The van der Waals surface area contributed by atoms with Crippen molar-refractivity contribution in [3.8, 4) is 0 Å². The topological polar surface area (TPSA) is 83.5 Å². The molecule has 0 spiro atoms. The van der Waals surface area contributed by atoms with Crippen LogP contribution in [0.15, 0.2) is 0 Å². The number of rotatable bonds is 4. The van der Waals surface area contributed by atoms with Crippen LogP contribution in [-0.4, -0.2) is 31.3 Å². The van der Waals surface area contributed by atoms with Gasteiger partial charge < -0.3 is 5.11 Å². The molecule has 0 rings (SSSR count). The van der Waals surface area contributed by atoms with Crippen LogP contribution in [0.3, 0.4) is 0 Å². The Morgan fingerprint density at radius 1 is 1.58 bits per heavy atom. The fraction of sp³-hybridized carbons (Fsp3) is 0.833. The SMILES string of the molecule is CCC(C)(NS(C)(=O)=O)C(=O)O. The van der Waals surface area contributed by atoms with Crippen LogP contribution < -0.4 is 4.72 Å². The second kappa shape index (κ2) is 3.40. The van der Waals surface area contributed by atoms with Crippen molar-refractivity contribution in [1.29, 1.82) is 0 Å². The minimum atomic E-state index is -3.47. The van der Waals surface area contributed by atoms with Crippen molar-refractivity contribution in [2.45, 2.75) is 25.8 Å². The fourth-order valence-corrected chi connectivity index (χ4v) is 1.73. The number of carbonyl (C=O) groups is 1. The molecule has 0 fully saturated rings. The second-order valence-electron chi connectivity index (χ2n) is 2.87. The summed E-state index contributed by atoms with van der Waals surface area (Å²) in [6.07, 6.45) is 1.14. The molecule has 0 heterocycles. The molecule has 0 aliphatic heterocycles. The van der Waals surface area contributed by atoms with E-state index in [2.05, 4.69) is 4.72 Å². The van der Waals surface area contributed by atoms with E-state index < -0.39 is 21.5 Å². The molecule has 0 amide bonds. The molecule has 0 aromatic carbocycles. The van der Waals surface area contributed by atoms with Gasteiger partial charge in [0.1, 0.15) is 5.54 Å². The lowest BCUT2D eigenvalue weighted by molar-refractivity contribution is -0.143. The number of hydrogen-bond acceptors (Lipinski definition) is 3. The third-order valence-electron chi connectivity index (χ3n) is 1.59. The van der Waals surface area contributed by atoms with Crippen molar-refractivity contribution < 1.29 is 18.3 Å². The van der Waals surface area contributed by atoms with Crippen molar-refractivity contribution in [1.82, 2.24) is 4.72 Å². The first-order valence-electron chi connectivity index (χ1n) is 3.43. The summed E-state index contributed by atoms with van der Waals surface area (Å²) >= 11 is 0. The largest absolute Gasteiger partial charge is 0.480 e. The van der Waals surface area contributed by atoms with E-state index in [1.54, 1.807) is 6.92 Å².